The van der Waals surface area contributed by atoms with Gasteiger partial charge in [-0.3, -0.25) is 4.79 Å². The van der Waals surface area contributed by atoms with Crippen molar-refractivity contribution < 1.29 is 13.9 Å². The Morgan fingerprint density at radius 1 is 1.53 bits per heavy atom. The first kappa shape index (κ1) is 15.8. The molecule has 0 bridgehead atoms. The summed E-state index contributed by atoms with van der Waals surface area (Å²) in [7, 11) is 1.65. The number of hydrogen-bond donors (Lipinski definition) is 2. The molecule has 1 aliphatic heterocycles. The predicted molar refractivity (Wildman–Crippen MR) is 75.3 cm³/mol. The first-order valence-electron chi connectivity index (χ1n) is 5.97. The van der Waals surface area contributed by atoms with Gasteiger partial charge in [-0.15, -0.1) is 12.4 Å². The topological polar surface area (TPSA) is 63.5 Å². The third kappa shape index (κ3) is 4.38. The van der Waals surface area contributed by atoms with Gasteiger partial charge in [-0.25, -0.2) is 0 Å². The minimum absolute atomic E-state index is 0. The van der Waals surface area contributed by atoms with Gasteiger partial charge in [0.15, 0.2) is 0 Å². The molecule has 1 fully saturated rings. The highest BCUT2D eigenvalue weighted by Crippen LogP contribution is 2.08. The number of nitrogens with one attached hydrogen (secondary N) is 2. The van der Waals surface area contributed by atoms with Crippen LogP contribution in [0.25, 0.3) is 6.08 Å². The number of carbonyl (C=O) groups excluding carboxylic acids is 1. The van der Waals surface area contributed by atoms with Crippen LogP contribution in [0.1, 0.15) is 11.5 Å². The van der Waals surface area contributed by atoms with E-state index in [0.29, 0.717) is 5.76 Å². The Morgan fingerprint density at radius 2 is 2.32 bits per heavy atom. The summed E-state index contributed by atoms with van der Waals surface area (Å²) in [4.78, 5) is 11.7. The molecule has 0 spiro atoms. The summed E-state index contributed by atoms with van der Waals surface area (Å²) in [5.41, 5.74) is 0. The van der Waals surface area contributed by atoms with Gasteiger partial charge in [0.2, 0.25) is 5.91 Å². The fraction of sp³-hybridized carbons (Fsp3) is 0.462. The monoisotopic (exact) mass is 286 g/mol. The van der Waals surface area contributed by atoms with Gasteiger partial charge in [0, 0.05) is 26.3 Å². The van der Waals surface area contributed by atoms with Crippen molar-refractivity contribution in [1.82, 2.24) is 10.6 Å². The quantitative estimate of drug-likeness (QED) is 0.815. The minimum atomic E-state index is -0.139. The van der Waals surface area contributed by atoms with Gasteiger partial charge < -0.3 is 19.8 Å². The van der Waals surface area contributed by atoms with Crippen LogP contribution in [0.4, 0.5) is 0 Å². The fourth-order valence-corrected chi connectivity index (χ4v) is 1.98. The fourth-order valence-electron chi connectivity index (χ4n) is 1.98. The SMILES string of the molecule is COC1CNCC1NC(=O)C=Cc1ccc(C)o1.Cl. The van der Waals surface area contributed by atoms with Crippen LogP contribution >= 0.6 is 12.4 Å². The molecule has 106 valence electrons. The second kappa shape index (κ2) is 7.33. The van der Waals surface area contributed by atoms with Crippen molar-refractivity contribution in [3.8, 4) is 0 Å². The van der Waals surface area contributed by atoms with Crippen molar-refractivity contribution in [2.24, 2.45) is 0 Å². The van der Waals surface area contributed by atoms with E-state index >= 15 is 0 Å². The Balaban J connectivity index is 0.00000180. The van der Waals surface area contributed by atoms with Crippen LogP contribution in [0.3, 0.4) is 0 Å². The first-order chi connectivity index (χ1) is 8.69. The van der Waals surface area contributed by atoms with Gasteiger partial charge in [-0.1, -0.05) is 0 Å². The number of halogens is 1. The highest BCUT2D eigenvalue weighted by molar-refractivity contribution is 5.91. The number of ether oxygens (including phenoxy) is 1. The molecule has 0 saturated carbocycles. The number of methoxy groups -OCH3 is 1. The van der Waals surface area contributed by atoms with E-state index in [0.717, 1.165) is 18.8 Å². The van der Waals surface area contributed by atoms with Crippen LogP contribution in [0, 0.1) is 6.92 Å². The molecule has 0 aromatic carbocycles. The van der Waals surface area contributed by atoms with Gasteiger partial charge in [0.1, 0.15) is 11.5 Å². The van der Waals surface area contributed by atoms with Crippen LogP contribution in [-0.2, 0) is 9.53 Å². The second-order valence-corrected chi connectivity index (χ2v) is 4.33. The third-order valence-corrected chi connectivity index (χ3v) is 2.95. The molecule has 0 radical (unpaired) electrons. The summed E-state index contributed by atoms with van der Waals surface area (Å²) < 4.78 is 10.6. The second-order valence-electron chi connectivity index (χ2n) is 4.33. The zero-order chi connectivity index (χ0) is 13.0. The van der Waals surface area contributed by atoms with Gasteiger partial charge >= 0.3 is 0 Å². The summed E-state index contributed by atoms with van der Waals surface area (Å²) in [5.74, 6) is 1.37. The number of aryl methyl sites for hydroxylation is 1. The van der Waals surface area contributed by atoms with E-state index in [1.165, 1.54) is 6.08 Å². The molecule has 2 heterocycles. The van der Waals surface area contributed by atoms with E-state index in [1.54, 1.807) is 13.2 Å². The lowest BCUT2D eigenvalue weighted by atomic mass is 10.2. The van der Waals surface area contributed by atoms with Crippen LogP contribution in [-0.4, -0.2) is 38.3 Å². The molecule has 19 heavy (non-hydrogen) atoms. The third-order valence-electron chi connectivity index (χ3n) is 2.95. The number of rotatable bonds is 4. The molecule has 1 aromatic rings. The normalized spacial score (nSPS) is 22.4. The summed E-state index contributed by atoms with van der Waals surface area (Å²) >= 11 is 0. The van der Waals surface area contributed by atoms with Crippen LogP contribution in [0.5, 0.6) is 0 Å². The Morgan fingerprint density at radius 3 is 2.95 bits per heavy atom. The molecule has 0 aliphatic carbocycles. The summed E-state index contributed by atoms with van der Waals surface area (Å²) in [6.07, 6.45) is 3.17. The molecule has 1 saturated heterocycles. The first-order valence-corrected chi connectivity index (χ1v) is 5.97. The van der Waals surface area contributed by atoms with Crippen LogP contribution < -0.4 is 10.6 Å². The maximum absolute atomic E-state index is 11.7. The molecule has 6 heteroatoms. The van der Waals surface area contributed by atoms with Gasteiger partial charge in [0.25, 0.3) is 0 Å². The van der Waals surface area contributed by atoms with E-state index in [1.807, 2.05) is 19.1 Å². The van der Waals surface area contributed by atoms with Crippen molar-refractivity contribution in [2.45, 2.75) is 19.1 Å². The maximum atomic E-state index is 11.7. The van der Waals surface area contributed by atoms with Gasteiger partial charge in [-0.2, -0.15) is 0 Å². The van der Waals surface area contributed by atoms with E-state index in [9.17, 15) is 4.79 Å². The van der Waals surface area contributed by atoms with E-state index in [2.05, 4.69) is 10.6 Å². The molecular formula is C13H19ClN2O3. The smallest absolute Gasteiger partial charge is 0.244 e. The van der Waals surface area contributed by atoms with Crippen molar-refractivity contribution in [3.63, 3.8) is 0 Å². The Kier molecular flexibility index (Phi) is 6.08. The summed E-state index contributed by atoms with van der Waals surface area (Å²) in [6, 6.07) is 3.71. The van der Waals surface area contributed by atoms with Crippen LogP contribution in [0.2, 0.25) is 0 Å². The zero-order valence-electron chi connectivity index (χ0n) is 11.0. The average Bonchev–Trinajstić information content (AvgIpc) is 2.95. The standard InChI is InChI=1S/C13H18N2O3.ClH/c1-9-3-4-10(18-9)5-6-13(16)15-11-7-14-8-12(11)17-2;/h3-6,11-12,14H,7-8H2,1-2H3,(H,15,16);1H. The van der Waals surface area contributed by atoms with Gasteiger partial charge in [-0.05, 0) is 25.1 Å². The molecule has 2 atom stereocenters. The van der Waals surface area contributed by atoms with E-state index < -0.39 is 0 Å². The maximum Gasteiger partial charge on any atom is 0.244 e. The highest BCUT2D eigenvalue weighted by Gasteiger charge is 2.27. The summed E-state index contributed by atoms with van der Waals surface area (Å²) in [5, 5.41) is 6.08. The lowest BCUT2D eigenvalue weighted by Crippen LogP contribution is -2.42. The molecule has 5 nitrogen and oxygen atoms in total. The Labute approximate surface area is 118 Å². The number of carbonyl (C=O) groups is 1. The molecule has 2 N–H and O–H groups in total. The number of hydrogen-bond acceptors (Lipinski definition) is 4. The van der Waals surface area contributed by atoms with Crippen molar-refractivity contribution in [3.05, 3.63) is 29.7 Å². The lowest BCUT2D eigenvalue weighted by molar-refractivity contribution is -0.117. The van der Waals surface area contributed by atoms with Crippen molar-refractivity contribution >= 4 is 24.4 Å². The van der Waals surface area contributed by atoms with E-state index in [4.69, 9.17) is 9.15 Å². The number of amides is 1. The van der Waals surface area contributed by atoms with Crippen molar-refractivity contribution in [2.75, 3.05) is 20.2 Å². The Bertz CT molecular complexity index is 445. The van der Waals surface area contributed by atoms with E-state index in [-0.39, 0.29) is 30.5 Å². The largest absolute Gasteiger partial charge is 0.462 e. The molecule has 1 aliphatic rings. The minimum Gasteiger partial charge on any atom is -0.462 e. The molecule has 2 rings (SSSR count). The zero-order valence-corrected chi connectivity index (χ0v) is 11.8. The van der Waals surface area contributed by atoms with Crippen LogP contribution in [0.15, 0.2) is 22.6 Å². The lowest BCUT2D eigenvalue weighted by Gasteiger charge is -2.17. The molecule has 2 unspecified atom stereocenters. The Hall–Kier alpha value is -1.30. The summed E-state index contributed by atoms with van der Waals surface area (Å²) in [6.45, 7) is 3.37. The van der Waals surface area contributed by atoms with Gasteiger partial charge in [0.05, 0.1) is 12.1 Å². The predicted octanol–water partition coefficient (Wildman–Crippen LogP) is 1.13. The number of furan rings is 1. The molecule has 1 aromatic heterocycles. The molecule has 1 amide bonds. The average molecular weight is 287 g/mol. The van der Waals surface area contributed by atoms with Crippen molar-refractivity contribution in [1.29, 1.82) is 0 Å². The highest BCUT2D eigenvalue weighted by atomic mass is 35.5. The molecular weight excluding hydrogens is 268 g/mol.